The first-order valence-corrected chi connectivity index (χ1v) is 8.63. The summed E-state index contributed by atoms with van der Waals surface area (Å²) in [5, 5.41) is 5.57. The Morgan fingerprint density at radius 1 is 1.22 bits per heavy atom. The molecule has 0 aliphatic carbocycles. The van der Waals surface area contributed by atoms with E-state index in [0.717, 1.165) is 12.1 Å². The summed E-state index contributed by atoms with van der Waals surface area (Å²) in [5.74, 6) is 0.384. The maximum Gasteiger partial charge on any atom is 0.416 e. The monoisotopic (exact) mass is 414 g/mol. The van der Waals surface area contributed by atoms with Crippen molar-refractivity contribution >= 4 is 39.9 Å². The standard InChI is InChI=1S/C19H15Cl2F3N2O/c1-10-14-8-12(19(22,23)24)4-7-17(14)26(25-10)9-15-16(20)6-5-13(18(15)21)11(2)27-3/h4-8H,2,9H2,1,3H3. The first-order chi connectivity index (χ1) is 12.6. The molecule has 3 aromatic rings. The van der Waals surface area contributed by atoms with Gasteiger partial charge in [-0.15, -0.1) is 0 Å². The summed E-state index contributed by atoms with van der Waals surface area (Å²) < 4.78 is 45.6. The normalized spacial score (nSPS) is 11.8. The molecule has 0 saturated heterocycles. The van der Waals surface area contributed by atoms with Crippen LogP contribution in [0, 0.1) is 6.92 Å². The summed E-state index contributed by atoms with van der Waals surface area (Å²) in [6.07, 6.45) is -4.41. The van der Waals surface area contributed by atoms with Crippen molar-refractivity contribution in [2.24, 2.45) is 0 Å². The van der Waals surface area contributed by atoms with E-state index in [1.54, 1.807) is 23.7 Å². The van der Waals surface area contributed by atoms with Crippen molar-refractivity contribution in [3.63, 3.8) is 0 Å². The van der Waals surface area contributed by atoms with E-state index in [1.165, 1.54) is 13.2 Å². The van der Waals surface area contributed by atoms with Gasteiger partial charge >= 0.3 is 6.18 Å². The number of hydrogen-bond donors (Lipinski definition) is 0. The quantitative estimate of drug-likeness (QED) is 0.466. The van der Waals surface area contributed by atoms with E-state index in [9.17, 15) is 13.2 Å². The Labute approximate surface area is 163 Å². The smallest absolute Gasteiger partial charge is 0.416 e. The van der Waals surface area contributed by atoms with Crippen molar-refractivity contribution in [3.8, 4) is 0 Å². The number of fused-ring (bicyclic) bond motifs is 1. The third-order valence-electron chi connectivity index (χ3n) is 4.30. The number of benzene rings is 2. The van der Waals surface area contributed by atoms with Crippen molar-refractivity contribution < 1.29 is 17.9 Å². The Morgan fingerprint density at radius 3 is 2.56 bits per heavy atom. The van der Waals surface area contributed by atoms with Crippen LogP contribution in [-0.2, 0) is 17.5 Å². The molecule has 2 aromatic carbocycles. The van der Waals surface area contributed by atoms with Crippen LogP contribution in [0.3, 0.4) is 0 Å². The average molecular weight is 415 g/mol. The molecule has 0 atom stereocenters. The molecule has 0 N–H and O–H groups in total. The fraction of sp³-hybridized carbons (Fsp3) is 0.211. The van der Waals surface area contributed by atoms with Gasteiger partial charge in [-0.05, 0) is 37.3 Å². The van der Waals surface area contributed by atoms with Crippen molar-refractivity contribution in [1.29, 1.82) is 0 Å². The van der Waals surface area contributed by atoms with Crippen LogP contribution in [-0.4, -0.2) is 16.9 Å². The summed E-state index contributed by atoms with van der Waals surface area (Å²) >= 11 is 12.8. The van der Waals surface area contributed by atoms with Gasteiger partial charge in [0, 0.05) is 21.5 Å². The van der Waals surface area contributed by atoms with E-state index in [0.29, 0.717) is 43.5 Å². The van der Waals surface area contributed by atoms with Crippen LogP contribution in [0.4, 0.5) is 13.2 Å². The average Bonchev–Trinajstić information content (AvgIpc) is 2.92. The summed E-state index contributed by atoms with van der Waals surface area (Å²) in [6, 6.07) is 6.90. The highest BCUT2D eigenvalue weighted by atomic mass is 35.5. The van der Waals surface area contributed by atoms with Crippen LogP contribution >= 0.6 is 23.2 Å². The molecule has 8 heteroatoms. The first kappa shape index (κ1) is 19.6. The number of hydrogen-bond acceptors (Lipinski definition) is 2. The lowest BCUT2D eigenvalue weighted by Crippen LogP contribution is -2.06. The van der Waals surface area contributed by atoms with Gasteiger partial charge in [-0.3, -0.25) is 4.68 Å². The predicted octanol–water partition coefficient (Wildman–Crippen LogP) is 6.34. The third-order valence-corrected chi connectivity index (χ3v) is 5.09. The fourth-order valence-corrected chi connectivity index (χ4v) is 3.45. The minimum Gasteiger partial charge on any atom is -0.497 e. The van der Waals surface area contributed by atoms with Crippen LogP contribution in [0.2, 0.25) is 10.0 Å². The molecular weight excluding hydrogens is 400 g/mol. The predicted molar refractivity (Wildman–Crippen MR) is 101 cm³/mol. The molecule has 0 aliphatic heterocycles. The number of methoxy groups -OCH3 is 1. The number of nitrogens with zero attached hydrogens (tertiary/aromatic N) is 2. The first-order valence-electron chi connectivity index (χ1n) is 7.88. The molecule has 0 aliphatic rings. The number of alkyl halides is 3. The van der Waals surface area contributed by atoms with Crippen molar-refractivity contribution in [1.82, 2.24) is 9.78 Å². The lowest BCUT2D eigenvalue weighted by Gasteiger charge is -2.13. The Kier molecular flexibility index (Phi) is 5.14. The molecule has 0 fully saturated rings. The van der Waals surface area contributed by atoms with E-state index in [2.05, 4.69) is 11.7 Å². The van der Waals surface area contributed by atoms with Crippen LogP contribution in [0.1, 0.15) is 22.4 Å². The van der Waals surface area contributed by atoms with Gasteiger partial charge in [0.2, 0.25) is 0 Å². The van der Waals surface area contributed by atoms with E-state index < -0.39 is 11.7 Å². The molecular formula is C19H15Cl2F3N2O. The van der Waals surface area contributed by atoms with E-state index >= 15 is 0 Å². The maximum absolute atomic E-state index is 13.0. The molecule has 3 nitrogen and oxygen atoms in total. The molecule has 3 rings (SSSR count). The van der Waals surface area contributed by atoms with Gasteiger partial charge in [-0.25, -0.2) is 0 Å². The maximum atomic E-state index is 13.0. The Balaban J connectivity index is 2.09. The second-order valence-electron chi connectivity index (χ2n) is 5.99. The number of aromatic nitrogens is 2. The highest BCUT2D eigenvalue weighted by molar-refractivity contribution is 6.37. The second kappa shape index (κ2) is 7.09. The minimum absolute atomic E-state index is 0.193. The van der Waals surface area contributed by atoms with Crippen molar-refractivity contribution in [2.45, 2.75) is 19.6 Å². The molecule has 0 radical (unpaired) electrons. The van der Waals surface area contributed by atoms with Gasteiger partial charge in [0.25, 0.3) is 0 Å². The number of halogens is 5. The largest absolute Gasteiger partial charge is 0.497 e. The lowest BCUT2D eigenvalue weighted by atomic mass is 10.1. The van der Waals surface area contributed by atoms with E-state index in [-0.39, 0.29) is 6.54 Å². The van der Waals surface area contributed by atoms with Crippen LogP contribution in [0.5, 0.6) is 0 Å². The minimum atomic E-state index is -4.41. The molecule has 27 heavy (non-hydrogen) atoms. The Bertz CT molecular complexity index is 1040. The van der Waals surface area contributed by atoms with Gasteiger partial charge in [0.1, 0.15) is 5.76 Å². The molecule has 0 bridgehead atoms. The molecule has 0 unspecified atom stereocenters. The summed E-state index contributed by atoms with van der Waals surface area (Å²) in [7, 11) is 1.48. The van der Waals surface area contributed by atoms with Gasteiger partial charge in [0.05, 0.1) is 35.5 Å². The van der Waals surface area contributed by atoms with E-state index in [4.69, 9.17) is 27.9 Å². The highest BCUT2D eigenvalue weighted by Crippen LogP contribution is 2.35. The number of rotatable bonds is 4. The third kappa shape index (κ3) is 3.64. The summed E-state index contributed by atoms with van der Waals surface area (Å²) in [4.78, 5) is 0. The summed E-state index contributed by atoms with van der Waals surface area (Å²) in [5.41, 5.74) is 1.50. The zero-order chi connectivity index (χ0) is 19.9. The molecule has 1 heterocycles. The van der Waals surface area contributed by atoms with Gasteiger partial charge < -0.3 is 4.74 Å². The van der Waals surface area contributed by atoms with Crippen molar-refractivity contribution in [2.75, 3.05) is 7.11 Å². The van der Waals surface area contributed by atoms with Crippen LogP contribution < -0.4 is 0 Å². The molecule has 0 spiro atoms. The molecule has 142 valence electrons. The SMILES string of the molecule is C=C(OC)c1ccc(Cl)c(Cn2nc(C)c3cc(C(F)(F)F)ccc32)c1Cl. The second-order valence-corrected chi connectivity index (χ2v) is 6.77. The van der Waals surface area contributed by atoms with Crippen LogP contribution in [0.25, 0.3) is 16.7 Å². The zero-order valence-corrected chi connectivity index (χ0v) is 16.0. The fourth-order valence-electron chi connectivity index (χ4n) is 2.85. The molecule has 0 amide bonds. The Morgan fingerprint density at radius 2 is 1.93 bits per heavy atom. The van der Waals surface area contributed by atoms with Gasteiger partial charge in [-0.1, -0.05) is 29.8 Å². The number of ether oxygens (including phenoxy) is 1. The zero-order valence-electron chi connectivity index (χ0n) is 14.5. The topological polar surface area (TPSA) is 27.1 Å². The van der Waals surface area contributed by atoms with E-state index in [1.807, 2.05) is 0 Å². The van der Waals surface area contributed by atoms with Crippen LogP contribution in [0.15, 0.2) is 36.9 Å². The Hall–Kier alpha value is -2.18. The van der Waals surface area contributed by atoms with Gasteiger partial charge in [0.15, 0.2) is 0 Å². The van der Waals surface area contributed by atoms with Crippen molar-refractivity contribution in [3.05, 3.63) is 69.3 Å². The molecule has 1 aromatic heterocycles. The highest BCUT2D eigenvalue weighted by Gasteiger charge is 2.31. The van der Waals surface area contributed by atoms with Gasteiger partial charge in [-0.2, -0.15) is 18.3 Å². The number of aryl methyl sites for hydroxylation is 1. The summed E-state index contributed by atoms with van der Waals surface area (Å²) in [6.45, 7) is 5.64. The lowest BCUT2D eigenvalue weighted by molar-refractivity contribution is -0.137. The molecule has 0 saturated carbocycles.